The van der Waals surface area contributed by atoms with Crippen molar-refractivity contribution in [3.05, 3.63) is 39.1 Å². The largest absolute Gasteiger partial charge is 0.369 e. The van der Waals surface area contributed by atoms with Crippen molar-refractivity contribution < 1.29 is 4.39 Å². The van der Waals surface area contributed by atoms with E-state index in [9.17, 15) is 4.39 Å². The summed E-state index contributed by atoms with van der Waals surface area (Å²) in [5, 5.41) is 3.01. The van der Waals surface area contributed by atoms with E-state index in [-0.39, 0.29) is 5.02 Å². The Bertz CT molecular complexity index is 765. The molecule has 7 heteroatoms. The number of thiazole rings is 1. The Morgan fingerprint density at radius 3 is 2.89 bits per heavy atom. The summed E-state index contributed by atoms with van der Waals surface area (Å²) in [6.45, 7) is 2.43. The van der Waals surface area contributed by atoms with Crippen LogP contribution in [0.3, 0.4) is 0 Å². The zero-order valence-electron chi connectivity index (χ0n) is 10.0. The molecule has 0 fully saturated rings. The summed E-state index contributed by atoms with van der Waals surface area (Å²) < 4.78 is 15.2. The first-order valence-electron chi connectivity index (χ1n) is 5.56. The standard InChI is InChI=1S/C12H10ClFN4S/c1-6-16-7(5-19-6)4-18-11-2-8(13)9(14)3-10(11)17-12(18)15/h2-3,5H,4H2,1H3,(H2,15,17). The van der Waals surface area contributed by atoms with Crippen LogP contribution in [0.4, 0.5) is 10.3 Å². The van der Waals surface area contributed by atoms with Crippen molar-refractivity contribution in [3.8, 4) is 0 Å². The van der Waals surface area contributed by atoms with Gasteiger partial charge in [-0.15, -0.1) is 11.3 Å². The molecule has 1 aromatic carbocycles. The van der Waals surface area contributed by atoms with Gasteiger partial charge in [0, 0.05) is 11.4 Å². The molecule has 3 rings (SSSR count). The van der Waals surface area contributed by atoms with Crippen molar-refractivity contribution in [3.63, 3.8) is 0 Å². The Morgan fingerprint density at radius 1 is 1.42 bits per heavy atom. The summed E-state index contributed by atoms with van der Waals surface area (Å²) in [5.41, 5.74) is 7.96. The molecule has 0 spiro atoms. The van der Waals surface area contributed by atoms with E-state index < -0.39 is 5.82 Å². The van der Waals surface area contributed by atoms with Crippen LogP contribution in [0.25, 0.3) is 11.0 Å². The van der Waals surface area contributed by atoms with Gasteiger partial charge in [0.1, 0.15) is 5.82 Å². The predicted molar refractivity (Wildman–Crippen MR) is 75.1 cm³/mol. The van der Waals surface area contributed by atoms with E-state index in [0.29, 0.717) is 23.5 Å². The van der Waals surface area contributed by atoms with Gasteiger partial charge < -0.3 is 10.3 Å². The van der Waals surface area contributed by atoms with Crippen LogP contribution < -0.4 is 5.73 Å². The topological polar surface area (TPSA) is 56.7 Å². The number of imidazole rings is 1. The molecule has 98 valence electrons. The van der Waals surface area contributed by atoms with Crippen molar-refractivity contribution in [1.29, 1.82) is 0 Å². The lowest BCUT2D eigenvalue weighted by molar-refractivity contribution is 0.629. The second kappa shape index (κ2) is 4.47. The van der Waals surface area contributed by atoms with Crippen LogP contribution in [0.5, 0.6) is 0 Å². The van der Waals surface area contributed by atoms with Crippen molar-refractivity contribution >= 4 is 39.9 Å². The monoisotopic (exact) mass is 296 g/mol. The fourth-order valence-corrected chi connectivity index (χ4v) is 2.71. The molecule has 0 unspecified atom stereocenters. The molecule has 0 atom stereocenters. The average molecular weight is 297 g/mol. The van der Waals surface area contributed by atoms with Gasteiger partial charge in [0.2, 0.25) is 5.95 Å². The van der Waals surface area contributed by atoms with Crippen LogP contribution in [-0.4, -0.2) is 14.5 Å². The number of aryl methyl sites for hydroxylation is 1. The minimum atomic E-state index is -0.497. The number of halogens is 2. The highest BCUT2D eigenvalue weighted by Gasteiger charge is 2.13. The summed E-state index contributed by atoms with van der Waals surface area (Å²) in [6.07, 6.45) is 0. The van der Waals surface area contributed by atoms with E-state index in [4.69, 9.17) is 17.3 Å². The number of benzene rings is 1. The lowest BCUT2D eigenvalue weighted by Gasteiger charge is -2.04. The Balaban J connectivity index is 2.12. The van der Waals surface area contributed by atoms with Crippen molar-refractivity contribution in [2.45, 2.75) is 13.5 Å². The van der Waals surface area contributed by atoms with Crippen LogP contribution >= 0.6 is 22.9 Å². The van der Waals surface area contributed by atoms with Crippen LogP contribution in [0.15, 0.2) is 17.5 Å². The van der Waals surface area contributed by atoms with Gasteiger partial charge in [0.15, 0.2) is 0 Å². The first-order chi connectivity index (χ1) is 9.04. The molecule has 4 nitrogen and oxygen atoms in total. The van der Waals surface area contributed by atoms with E-state index in [2.05, 4.69) is 9.97 Å². The molecular formula is C12H10ClFN4S. The first-order valence-corrected chi connectivity index (χ1v) is 6.82. The molecule has 0 amide bonds. The normalized spacial score (nSPS) is 11.3. The number of nitrogens with two attached hydrogens (primary N) is 1. The zero-order chi connectivity index (χ0) is 13.6. The van der Waals surface area contributed by atoms with Gasteiger partial charge in [-0.25, -0.2) is 14.4 Å². The van der Waals surface area contributed by atoms with E-state index in [1.54, 1.807) is 15.9 Å². The molecule has 0 radical (unpaired) electrons. The molecule has 2 N–H and O–H groups in total. The molecule has 2 aromatic heterocycles. The molecule has 0 aliphatic rings. The van der Waals surface area contributed by atoms with Crippen molar-refractivity contribution in [2.75, 3.05) is 5.73 Å². The maximum absolute atomic E-state index is 13.4. The minimum absolute atomic E-state index is 0.0584. The number of nitrogens with zero attached hydrogens (tertiary/aromatic N) is 3. The lowest BCUT2D eigenvalue weighted by atomic mass is 10.3. The average Bonchev–Trinajstić information content (AvgIpc) is 2.87. The van der Waals surface area contributed by atoms with Gasteiger partial charge in [-0.1, -0.05) is 11.6 Å². The molecule has 0 aliphatic carbocycles. The van der Waals surface area contributed by atoms with Crippen molar-refractivity contribution in [1.82, 2.24) is 14.5 Å². The number of anilines is 1. The molecule has 0 bridgehead atoms. The third kappa shape index (κ3) is 2.17. The molecule has 3 aromatic rings. The number of hydrogen-bond acceptors (Lipinski definition) is 4. The third-order valence-corrected chi connectivity index (χ3v) is 3.92. The van der Waals surface area contributed by atoms with Gasteiger partial charge in [0.05, 0.1) is 33.3 Å². The van der Waals surface area contributed by atoms with Gasteiger partial charge in [-0.2, -0.15) is 0 Å². The predicted octanol–water partition coefficient (Wildman–Crippen LogP) is 3.22. The molecule has 19 heavy (non-hydrogen) atoms. The quantitative estimate of drug-likeness (QED) is 0.790. The number of fused-ring (bicyclic) bond motifs is 1. The summed E-state index contributed by atoms with van der Waals surface area (Å²) in [6, 6.07) is 2.83. The van der Waals surface area contributed by atoms with Crippen LogP contribution in [0.1, 0.15) is 10.7 Å². The smallest absolute Gasteiger partial charge is 0.201 e. The van der Waals surface area contributed by atoms with Gasteiger partial charge in [-0.05, 0) is 13.0 Å². The van der Waals surface area contributed by atoms with E-state index in [0.717, 1.165) is 10.7 Å². The Hall–Kier alpha value is -1.66. The molecular weight excluding hydrogens is 287 g/mol. The molecule has 0 saturated carbocycles. The van der Waals surface area contributed by atoms with Crippen LogP contribution in [0.2, 0.25) is 5.02 Å². The second-order valence-electron chi connectivity index (χ2n) is 4.17. The highest BCUT2D eigenvalue weighted by atomic mass is 35.5. The fraction of sp³-hybridized carbons (Fsp3) is 0.167. The summed E-state index contributed by atoms with van der Waals surface area (Å²) >= 11 is 7.38. The number of rotatable bonds is 2. The highest BCUT2D eigenvalue weighted by Crippen LogP contribution is 2.25. The Labute approximate surface area is 117 Å². The maximum atomic E-state index is 13.4. The Morgan fingerprint density at radius 2 is 2.21 bits per heavy atom. The van der Waals surface area contributed by atoms with E-state index in [1.807, 2.05) is 12.3 Å². The minimum Gasteiger partial charge on any atom is -0.369 e. The Kier molecular flexibility index (Phi) is 2.91. The summed E-state index contributed by atoms with van der Waals surface area (Å²) in [5.74, 6) is -0.175. The van der Waals surface area contributed by atoms with E-state index in [1.165, 1.54) is 12.1 Å². The van der Waals surface area contributed by atoms with Gasteiger partial charge in [-0.3, -0.25) is 0 Å². The molecule has 0 saturated heterocycles. The van der Waals surface area contributed by atoms with E-state index >= 15 is 0 Å². The third-order valence-electron chi connectivity index (χ3n) is 2.81. The maximum Gasteiger partial charge on any atom is 0.201 e. The molecule has 2 heterocycles. The second-order valence-corrected chi connectivity index (χ2v) is 5.64. The zero-order valence-corrected chi connectivity index (χ0v) is 11.6. The first kappa shape index (κ1) is 12.4. The number of nitrogen functional groups attached to an aromatic ring is 1. The van der Waals surface area contributed by atoms with Gasteiger partial charge in [0.25, 0.3) is 0 Å². The summed E-state index contributed by atoms with van der Waals surface area (Å²) in [7, 11) is 0. The fourth-order valence-electron chi connectivity index (χ4n) is 1.95. The number of aromatic nitrogens is 3. The van der Waals surface area contributed by atoms with Crippen molar-refractivity contribution in [2.24, 2.45) is 0 Å². The lowest BCUT2D eigenvalue weighted by Crippen LogP contribution is -2.04. The van der Waals surface area contributed by atoms with Gasteiger partial charge >= 0.3 is 0 Å². The highest BCUT2D eigenvalue weighted by molar-refractivity contribution is 7.09. The number of hydrogen-bond donors (Lipinski definition) is 1. The van der Waals surface area contributed by atoms with Crippen LogP contribution in [0, 0.1) is 12.7 Å². The summed E-state index contributed by atoms with van der Waals surface area (Å²) in [4.78, 5) is 8.52. The van der Waals surface area contributed by atoms with Crippen LogP contribution in [-0.2, 0) is 6.54 Å². The SMILES string of the molecule is Cc1nc(Cn2c(N)nc3cc(F)c(Cl)cc32)cs1. The molecule has 0 aliphatic heterocycles.